The van der Waals surface area contributed by atoms with E-state index in [0.717, 1.165) is 40.4 Å². The summed E-state index contributed by atoms with van der Waals surface area (Å²) in [7, 11) is -2.23. The third-order valence-corrected chi connectivity index (χ3v) is 4.49. The highest BCUT2D eigenvalue weighted by atomic mass is 79.9. The van der Waals surface area contributed by atoms with E-state index in [4.69, 9.17) is 4.42 Å². The topological polar surface area (TPSA) is 69.4 Å². The number of oxazole rings is 1. The molecule has 7 heteroatoms. The van der Waals surface area contributed by atoms with Crippen molar-refractivity contribution < 1.29 is 17.0 Å². The van der Waals surface area contributed by atoms with E-state index in [0.29, 0.717) is 5.89 Å². The van der Waals surface area contributed by atoms with Crippen molar-refractivity contribution in [2.45, 2.75) is 48.0 Å². The van der Waals surface area contributed by atoms with Crippen molar-refractivity contribution in [2.24, 2.45) is 0 Å². The summed E-state index contributed by atoms with van der Waals surface area (Å²) in [5.41, 5.74) is 1.94. The van der Waals surface area contributed by atoms with Crippen LogP contribution in [0.4, 0.5) is 0 Å². The second-order valence-electron chi connectivity index (χ2n) is 5.00. The molecule has 0 aliphatic rings. The number of rotatable bonds is 4. The van der Waals surface area contributed by atoms with Crippen LogP contribution in [0.25, 0.3) is 11.5 Å². The average Bonchev–Trinajstić information content (AvgIpc) is 3.03. The first-order chi connectivity index (χ1) is 13.2. The maximum absolute atomic E-state index is 10.3. The van der Waals surface area contributed by atoms with Gasteiger partial charge in [-0.15, -0.1) is 6.58 Å². The van der Waals surface area contributed by atoms with E-state index in [2.05, 4.69) is 38.6 Å². The summed E-state index contributed by atoms with van der Waals surface area (Å²) in [6.45, 7) is 15.0. The number of benzene rings is 1. The average molecular weight is 474 g/mol. The fourth-order valence-electron chi connectivity index (χ4n) is 1.44. The molecule has 0 unspecified atom stereocenters. The molecule has 5 nitrogen and oxygen atoms in total. The monoisotopic (exact) mass is 473 g/mol. The Morgan fingerprint density at radius 2 is 1.86 bits per heavy atom. The van der Waals surface area contributed by atoms with Gasteiger partial charge in [-0.2, -0.15) is 8.42 Å². The van der Waals surface area contributed by atoms with E-state index in [-0.39, 0.29) is 0 Å². The van der Waals surface area contributed by atoms with Gasteiger partial charge in [-0.1, -0.05) is 54.9 Å². The van der Waals surface area contributed by atoms with Gasteiger partial charge >= 0.3 is 0 Å². The van der Waals surface area contributed by atoms with Gasteiger partial charge in [0, 0.05) is 10.0 Å². The Morgan fingerprint density at radius 3 is 2.18 bits per heavy atom. The minimum atomic E-state index is -3.35. The van der Waals surface area contributed by atoms with Crippen molar-refractivity contribution in [1.82, 2.24) is 4.98 Å². The molecule has 1 heterocycles. The van der Waals surface area contributed by atoms with Gasteiger partial charge in [0.05, 0.1) is 18.2 Å². The molecule has 0 amide bonds. The molecule has 0 fully saturated rings. The lowest BCUT2D eigenvalue weighted by Crippen LogP contribution is -1.95. The quantitative estimate of drug-likeness (QED) is 0.359. The molecule has 0 radical (unpaired) electrons. The largest absolute Gasteiger partial charge is 0.441 e. The summed E-state index contributed by atoms with van der Waals surface area (Å²) in [6.07, 6.45) is 4.36. The zero-order valence-electron chi connectivity index (χ0n) is 17.8. The first kappa shape index (κ1) is 28.5. The highest BCUT2D eigenvalue weighted by molar-refractivity contribution is 9.10. The highest BCUT2D eigenvalue weighted by Crippen LogP contribution is 2.23. The van der Waals surface area contributed by atoms with Crippen molar-refractivity contribution in [3.05, 3.63) is 64.3 Å². The Bertz CT molecular complexity index is 792. The number of hydrogen-bond acceptors (Lipinski definition) is 5. The predicted octanol–water partition coefficient (Wildman–Crippen LogP) is 6.83. The number of nitrogens with zero attached hydrogens (tertiary/aromatic N) is 1. The van der Waals surface area contributed by atoms with Gasteiger partial charge in [0.15, 0.2) is 0 Å². The number of aromatic nitrogens is 1. The first-order valence-electron chi connectivity index (χ1n) is 8.94. The summed E-state index contributed by atoms with van der Waals surface area (Å²) in [6, 6.07) is 7.92. The second kappa shape index (κ2) is 16.3. The molecule has 0 spiro atoms. The lowest BCUT2D eigenvalue weighted by molar-refractivity contribution is 0.406. The van der Waals surface area contributed by atoms with E-state index >= 15 is 0 Å². The van der Waals surface area contributed by atoms with Gasteiger partial charge in [-0.25, -0.2) is 4.98 Å². The predicted molar refractivity (Wildman–Crippen MR) is 122 cm³/mol. The Morgan fingerprint density at radius 1 is 1.29 bits per heavy atom. The summed E-state index contributed by atoms with van der Waals surface area (Å²) < 4.78 is 31.2. The van der Waals surface area contributed by atoms with E-state index in [1.54, 1.807) is 6.92 Å². The number of allylic oxidation sites excluding steroid dienone is 2. The summed E-state index contributed by atoms with van der Waals surface area (Å²) in [5, 5.41) is 0.993. The van der Waals surface area contributed by atoms with Gasteiger partial charge in [0.25, 0.3) is 10.1 Å². The third-order valence-electron chi connectivity index (χ3n) is 2.92. The van der Waals surface area contributed by atoms with Gasteiger partial charge < -0.3 is 4.42 Å². The molecule has 0 N–H and O–H groups in total. The molecule has 28 heavy (non-hydrogen) atoms. The molecule has 158 valence electrons. The SMILES string of the molecule is C/C=C/S(=O)(=O)OC.C=CCC.CC.Cc1nc(-c2cccc(Br)c2)oc1C. The zero-order chi connectivity index (χ0) is 22.2. The van der Waals surface area contributed by atoms with Gasteiger partial charge in [0.1, 0.15) is 5.76 Å². The minimum Gasteiger partial charge on any atom is -0.441 e. The number of aryl methyl sites for hydroxylation is 2. The molecule has 0 saturated carbocycles. The van der Waals surface area contributed by atoms with Crippen LogP contribution in [0.1, 0.15) is 45.6 Å². The fourth-order valence-corrected chi connectivity index (χ4v) is 2.28. The Balaban J connectivity index is 0. The molecule has 0 saturated heterocycles. The van der Waals surface area contributed by atoms with Crippen molar-refractivity contribution in [3.63, 3.8) is 0 Å². The maximum Gasteiger partial charge on any atom is 0.289 e. The smallest absolute Gasteiger partial charge is 0.289 e. The van der Waals surface area contributed by atoms with Crippen LogP contribution in [-0.2, 0) is 14.3 Å². The molecule has 0 bridgehead atoms. The summed E-state index contributed by atoms with van der Waals surface area (Å²) in [4.78, 5) is 4.33. The molecule has 0 atom stereocenters. The Hall–Kier alpha value is -1.70. The zero-order valence-corrected chi connectivity index (χ0v) is 20.2. The first-order valence-corrected chi connectivity index (χ1v) is 11.2. The van der Waals surface area contributed by atoms with Crippen molar-refractivity contribution in [1.29, 1.82) is 0 Å². The number of hydrogen-bond donors (Lipinski definition) is 0. The van der Waals surface area contributed by atoms with Crippen molar-refractivity contribution >= 4 is 26.0 Å². The van der Waals surface area contributed by atoms with Gasteiger partial charge in [0.2, 0.25) is 5.89 Å². The maximum atomic E-state index is 10.3. The van der Waals surface area contributed by atoms with Gasteiger partial charge in [-0.3, -0.25) is 4.18 Å². The standard InChI is InChI=1S/C11H10BrNO.C4H8O3S.C4H8.C2H6/c1-7-8(2)14-11(13-7)9-4-3-5-10(12)6-9;1-3-4-8(5,6)7-2;1-3-4-2;1-2/h3-6H,1-2H3;3-4H,1-2H3;3H,1,4H2,2H3;1-2H3/b;4-3+;;. The van der Waals surface area contributed by atoms with Crippen molar-refractivity contribution in [2.75, 3.05) is 7.11 Å². The van der Waals surface area contributed by atoms with Crippen LogP contribution in [0.3, 0.4) is 0 Å². The molecule has 2 rings (SSSR count). The van der Waals surface area contributed by atoms with Gasteiger partial charge in [-0.05, 0) is 45.4 Å². The van der Waals surface area contributed by atoms with Crippen molar-refractivity contribution in [3.8, 4) is 11.5 Å². The highest BCUT2D eigenvalue weighted by Gasteiger charge is 2.07. The van der Waals surface area contributed by atoms with E-state index in [1.165, 1.54) is 6.08 Å². The lowest BCUT2D eigenvalue weighted by atomic mass is 10.2. The van der Waals surface area contributed by atoms with Crippen LogP contribution in [0.2, 0.25) is 0 Å². The summed E-state index contributed by atoms with van der Waals surface area (Å²) >= 11 is 3.42. The summed E-state index contributed by atoms with van der Waals surface area (Å²) in [5.74, 6) is 1.56. The Labute approximate surface area is 178 Å². The number of halogens is 1. The minimum absolute atomic E-state index is 0.682. The molecule has 1 aromatic carbocycles. The molecular weight excluding hydrogens is 442 g/mol. The molecule has 1 aromatic heterocycles. The lowest BCUT2D eigenvalue weighted by Gasteiger charge is -1.95. The van der Waals surface area contributed by atoms with E-state index in [9.17, 15) is 8.42 Å². The molecule has 0 aliphatic heterocycles. The normalized spacial score (nSPS) is 10.0. The van der Waals surface area contributed by atoms with Crippen LogP contribution in [0.5, 0.6) is 0 Å². The fraction of sp³-hybridized carbons (Fsp3) is 0.381. The molecular formula is C21H32BrNO4S. The van der Waals surface area contributed by atoms with E-state index in [1.807, 2.05) is 58.0 Å². The van der Waals surface area contributed by atoms with Crippen LogP contribution in [-0.4, -0.2) is 20.5 Å². The van der Waals surface area contributed by atoms with Crippen LogP contribution < -0.4 is 0 Å². The Kier molecular flexibility index (Phi) is 16.6. The molecule has 2 aromatic rings. The third kappa shape index (κ3) is 12.6. The van der Waals surface area contributed by atoms with E-state index < -0.39 is 10.1 Å². The molecule has 0 aliphatic carbocycles. The van der Waals surface area contributed by atoms with Crippen LogP contribution >= 0.6 is 15.9 Å². The van der Waals surface area contributed by atoms with Crippen LogP contribution in [0, 0.1) is 13.8 Å². The van der Waals surface area contributed by atoms with Crippen LogP contribution in [0.15, 0.2) is 57.3 Å². The second-order valence-corrected chi connectivity index (χ2v) is 7.50.